The first-order valence-corrected chi connectivity index (χ1v) is 10.7. The highest BCUT2D eigenvalue weighted by Gasteiger charge is 2.17. The lowest BCUT2D eigenvalue weighted by molar-refractivity contribution is 0.0699. The average Bonchev–Trinajstić information content (AvgIpc) is 3.26. The van der Waals surface area contributed by atoms with Gasteiger partial charge >= 0.3 is 5.97 Å². The number of carbonyl (C=O) groups is 1. The van der Waals surface area contributed by atoms with E-state index in [1.54, 1.807) is 24.3 Å². The fourth-order valence-electron chi connectivity index (χ4n) is 4.24. The van der Waals surface area contributed by atoms with Crippen molar-refractivity contribution in [3.05, 3.63) is 95.5 Å². The molecule has 0 saturated heterocycles. The predicted octanol–water partition coefficient (Wildman–Crippen LogP) is 7.21. The second kappa shape index (κ2) is 7.43. The molecule has 33 heavy (non-hydrogen) atoms. The fraction of sp³-hybridized carbons (Fsp3) is 0. The summed E-state index contributed by atoms with van der Waals surface area (Å²) >= 11 is 6.08. The number of benzene rings is 4. The van der Waals surface area contributed by atoms with Crippen molar-refractivity contribution >= 4 is 50.1 Å². The van der Waals surface area contributed by atoms with Gasteiger partial charge in [-0.25, -0.2) is 9.78 Å². The summed E-state index contributed by atoms with van der Waals surface area (Å²) in [6.45, 7) is 0. The molecule has 4 aromatic carbocycles. The molecule has 2 heterocycles. The fourth-order valence-corrected chi connectivity index (χ4v) is 4.41. The molecule has 0 aliphatic heterocycles. The Morgan fingerprint density at radius 2 is 1.64 bits per heavy atom. The van der Waals surface area contributed by atoms with Gasteiger partial charge in [0.15, 0.2) is 5.76 Å². The Hall–Kier alpha value is -4.22. The molecule has 1 N–H and O–H groups in total. The molecule has 0 atom stereocenters. The second-order valence-corrected chi connectivity index (χ2v) is 8.23. The number of aromatic carboxylic acids is 1. The summed E-state index contributed by atoms with van der Waals surface area (Å²) in [6.07, 6.45) is 0. The normalized spacial score (nSPS) is 11.4. The first-order chi connectivity index (χ1) is 16.1. The van der Waals surface area contributed by atoms with Crippen LogP contribution < -0.4 is 0 Å². The highest BCUT2D eigenvalue weighted by molar-refractivity contribution is 6.31. The monoisotopic (exact) mass is 450 g/mol. The zero-order valence-corrected chi connectivity index (χ0v) is 17.9. The van der Waals surface area contributed by atoms with Crippen molar-refractivity contribution in [3.8, 4) is 22.6 Å². The summed E-state index contributed by atoms with van der Waals surface area (Å²) in [4.78, 5) is 16.6. The van der Waals surface area contributed by atoms with Crippen molar-refractivity contribution in [2.75, 3.05) is 0 Å². The van der Waals surface area contributed by atoms with E-state index in [1.807, 2.05) is 42.5 Å². The Kier molecular flexibility index (Phi) is 4.38. The van der Waals surface area contributed by atoms with Crippen LogP contribution in [0.25, 0.3) is 55.2 Å². The van der Waals surface area contributed by atoms with E-state index in [2.05, 4.69) is 23.4 Å². The molecule has 6 aromatic rings. The molecule has 0 aliphatic rings. The first-order valence-electron chi connectivity index (χ1n) is 10.3. The molecule has 6 heteroatoms. The molecule has 0 radical (unpaired) electrons. The minimum absolute atomic E-state index is 0.150. The van der Waals surface area contributed by atoms with Crippen LogP contribution in [0.15, 0.2) is 89.5 Å². The molecule has 0 unspecified atom stereocenters. The van der Waals surface area contributed by atoms with Gasteiger partial charge in [0.2, 0.25) is 0 Å². The number of aromatic nitrogens is 2. The molecular formula is C27H15ClN2O3. The van der Waals surface area contributed by atoms with Crippen LogP contribution >= 0.6 is 11.6 Å². The Bertz CT molecular complexity index is 1720. The molecule has 0 spiro atoms. The summed E-state index contributed by atoms with van der Waals surface area (Å²) in [5.74, 6) is -0.372. The molecule has 2 aromatic heterocycles. The summed E-state index contributed by atoms with van der Waals surface area (Å²) in [7, 11) is 0. The predicted molar refractivity (Wildman–Crippen MR) is 130 cm³/mol. The largest absolute Gasteiger partial charge is 0.478 e. The highest BCUT2D eigenvalue weighted by atomic mass is 35.5. The smallest absolute Gasteiger partial charge is 0.336 e. The summed E-state index contributed by atoms with van der Waals surface area (Å²) < 4.78 is 5.77. The van der Waals surface area contributed by atoms with E-state index in [0.717, 1.165) is 27.3 Å². The lowest BCUT2D eigenvalue weighted by atomic mass is 9.99. The summed E-state index contributed by atoms with van der Waals surface area (Å²) in [6, 6.07) is 26.5. The van der Waals surface area contributed by atoms with Gasteiger partial charge in [-0.15, -0.1) is 0 Å². The Morgan fingerprint density at radius 1 is 0.818 bits per heavy atom. The third-order valence-corrected chi connectivity index (χ3v) is 6.04. The van der Waals surface area contributed by atoms with Crippen LogP contribution in [0, 0.1) is 0 Å². The molecule has 0 fully saturated rings. The van der Waals surface area contributed by atoms with Gasteiger partial charge in [-0.2, -0.15) is 0 Å². The van der Waals surface area contributed by atoms with E-state index in [0.29, 0.717) is 32.9 Å². The minimum atomic E-state index is -1.03. The Balaban J connectivity index is 1.57. The van der Waals surface area contributed by atoms with Crippen molar-refractivity contribution < 1.29 is 14.4 Å². The summed E-state index contributed by atoms with van der Waals surface area (Å²) in [5, 5.41) is 18.0. The van der Waals surface area contributed by atoms with E-state index in [9.17, 15) is 9.90 Å². The van der Waals surface area contributed by atoms with Gasteiger partial charge in [-0.3, -0.25) is 0 Å². The van der Waals surface area contributed by atoms with E-state index in [4.69, 9.17) is 21.1 Å². The number of nitrogens with zero attached hydrogens (tertiary/aromatic N) is 2. The number of hydrogen-bond acceptors (Lipinski definition) is 4. The second-order valence-electron chi connectivity index (χ2n) is 7.79. The van der Waals surface area contributed by atoms with E-state index >= 15 is 0 Å². The van der Waals surface area contributed by atoms with Gasteiger partial charge in [0.05, 0.1) is 22.2 Å². The number of carboxylic acids is 1. The third-order valence-electron chi connectivity index (χ3n) is 5.81. The van der Waals surface area contributed by atoms with Gasteiger partial charge in [-0.1, -0.05) is 65.3 Å². The van der Waals surface area contributed by atoms with Gasteiger partial charge in [0.25, 0.3) is 0 Å². The minimum Gasteiger partial charge on any atom is -0.478 e. The first kappa shape index (κ1) is 19.5. The summed E-state index contributed by atoms with van der Waals surface area (Å²) in [5.41, 5.74) is 3.69. The maximum atomic E-state index is 11.9. The van der Waals surface area contributed by atoms with Crippen molar-refractivity contribution in [1.29, 1.82) is 0 Å². The van der Waals surface area contributed by atoms with Crippen LogP contribution in [0.5, 0.6) is 0 Å². The number of carboxylic acid groups (broad SMARTS) is 1. The van der Waals surface area contributed by atoms with Crippen molar-refractivity contribution in [2.24, 2.45) is 0 Å². The molecule has 5 nitrogen and oxygen atoms in total. The van der Waals surface area contributed by atoms with Crippen molar-refractivity contribution in [3.63, 3.8) is 0 Å². The lowest BCUT2D eigenvalue weighted by Crippen LogP contribution is -2.00. The number of halogens is 1. The zero-order valence-electron chi connectivity index (χ0n) is 17.1. The molecule has 0 bridgehead atoms. The van der Waals surface area contributed by atoms with Crippen LogP contribution in [-0.2, 0) is 0 Å². The molecule has 0 amide bonds. The zero-order chi connectivity index (χ0) is 22.5. The van der Waals surface area contributed by atoms with Crippen LogP contribution in [0.1, 0.15) is 10.4 Å². The van der Waals surface area contributed by atoms with Crippen LogP contribution in [-0.4, -0.2) is 21.2 Å². The average molecular weight is 451 g/mol. The quantitative estimate of drug-likeness (QED) is 0.308. The molecule has 0 saturated carbocycles. The third kappa shape index (κ3) is 3.22. The Morgan fingerprint density at radius 3 is 2.52 bits per heavy atom. The highest BCUT2D eigenvalue weighted by Crippen LogP contribution is 2.36. The standard InChI is InChI=1S/C27H15ClN2O3/c28-17-9-11-23-20(13-17)21(27(31)32)14-25(29-23)16-8-10-24-22(12-16)26(33-30-24)19-7-3-5-15-4-1-2-6-18(15)19/h1-14H,(H,31,32). The molecule has 158 valence electrons. The van der Waals surface area contributed by atoms with Gasteiger partial charge in [-0.05, 0) is 47.2 Å². The van der Waals surface area contributed by atoms with Crippen LogP contribution in [0.3, 0.4) is 0 Å². The number of pyridine rings is 1. The maximum Gasteiger partial charge on any atom is 0.336 e. The Labute approximate surface area is 192 Å². The molecule has 6 rings (SSSR count). The van der Waals surface area contributed by atoms with E-state index in [-0.39, 0.29) is 5.56 Å². The van der Waals surface area contributed by atoms with Gasteiger partial charge in [0.1, 0.15) is 5.52 Å². The molecule has 0 aliphatic carbocycles. The SMILES string of the molecule is O=C(O)c1cc(-c2ccc3noc(-c4cccc5ccccc45)c3c2)nc2ccc(Cl)cc12. The topological polar surface area (TPSA) is 76.2 Å². The van der Waals surface area contributed by atoms with Gasteiger partial charge < -0.3 is 9.63 Å². The number of rotatable bonds is 3. The maximum absolute atomic E-state index is 11.9. The van der Waals surface area contributed by atoms with Crippen LogP contribution in [0.4, 0.5) is 0 Å². The lowest BCUT2D eigenvalue weighted by Gasteiger charge is -2.08. The number of hydrogen-bond donors (Lipinski definition) is 1. The van der Waals surface area contributed by atoms with E-state index < -0.39 is 5.97 Å². The van der Waals surface area contributed by atoms with Crippen molar-refractivity contribution in [1.82, 2.24) is 10.1 Å². The van der Waals surface area contributed by atoms with Crippen LogP contribution in [0.2, 0.25) is 5.02 Å². The van der Waals surface area contributed by atoms with Gasteiger partial charge in [0, 0.05) is 21.5 Å². The van der Waals surface area contributed by atoms with E-state index in [1.165, 1.54) is 0 Å². The van der Waals surface area contributed by atoms with Crippen molar-refractivity contribution in [2.45, 2.75) is 0 Å². The molecular weight excluding hydrogens is 436 g/mol. The number of fused-ring (bicyclic) bond motifs is 3.